The molecule has 0 saturated carbocycles. The first kappa shape index (κ1) is 28.5. The van der Waals surface area contributed by atoms with Crippen molar-refractivity contribution in [2.75, 3.05) is 14.7 Å². The zero-order valence-corrected chi connectivity index (χ0v) is 27.4. The first-order chi connectivity index (χ1) is 24.9. The Hall–Kier alpha value is -6.52. The molecule has 2 aliphatic heterocycles. The van der Waals surface area contributed by atoms with Crippen molar-refractivity contribution >= 4 is 85.1 Å². The molecule has 50 heavy (non-hydrogen) atoms. The number of benzene rings is 8. The summed E-state index contributed by atoms with van der Waals surface area (Å²) in [4.78, 5) is 7.34. The number of nitrogens with zero attached hydrogens (tertiary/aromatic N) is 3. The summed E-state index contributed by atoms with van der Waals surface area (Å²) in [6, 6.07) is 70.3. The van der Waals surface area contributed by atoms with Crippen molar-refractivity contribution in [2.45, 2.75) is 0 Å². The molecule has 0 N–H and O–H groups in total. The second kappa shape index (κ2) is 11.6. The molecule has 10 rings (SSSR count). The molecular formula is C46H32BN3. The topological polar surface area (TPSA) is 9.72 Å². The van der Waals surface area contributed by atoms with Crippen LogP contribution >= 0.6 is 0 Å². The van der Waals surface area contributed by atoms with Gasteiger partial charge in [-0.1, -0.05) is 121 Å². The molecule has 2 aliphatic rings. The third-order valence-electron chi connectivity index (χ3n) is 10.2. The fraction of sp³-hybridized carbons (Fsp3) is 0. The molecule has 0 fully saturated rings. The van der Waals surface area contributed by atoms with Gasteiger partial charge in [0, 0.05) is 50.9 Å². The van der Waals surface area contributed by atoms with Crippen LogP contribution in [0.1, 0.15) is 0 Å². The van der Waals surface area contributed by atoms with Gasteiger partial charge >= 0.3 is 0 Å². The van der Waals surface area contributed by atoms with Crippen molar-refractivity contribution in [2.24, 2.45) is 0 Å². The molecule has 4 heteroatoms. The SMILES string of the molecule is c1ccc(N2c3ccccc3B3c4c2cccc4N(c2ccccc2)c2cc(N(c4ccccc4)c4ccccc4)c4ccccc4c23)cc1. The van der Waals surface area contributed by atoms with Gasteiger partial charge in [-0.25, -0.2) is 0 Å². The van der Waals surface area contributed by atoms with Crippen LogP contribution in [0.3, 0.4) is 0 Å². The maximum Gasteiger partial charge on any atom is 0.252 e. The summed E-state index contributed by atoms with van der Waals surface area (Å²) < 4.78 is 0. The van der Waals surface area contributed by atoms with Crippen LogP contribution in [0.5, 0.6) is 0 Å². The Bertz CT molecular complexity index is 2460. The van der Waals surface area contributed by atoms with E-state index in [1.54, 1.807) is 0 Å². The third kappa shape index (κ3) is 4.32. The Morgan fingerprint density at radius 2 is 0.820 bits per heavy atom. The van der Waals surface area contributed by atoms with Crippen molar-refractivity contribution in [3.8, 4) is 0 Å². The highest BCUT2D eigenvalue weighted by molar-refractivity contribution is 7.01. The maximum absolute atomic E-state index is 2.49. The lowest BCUT2D eigenvalue weighted by atomic mass is 9.33. The summed E-state index contributed by atoms with van der Waals surface area (Å²) in [7, 11) is 0. The number of hydrogen-bond acceptors (Lipinski definition) is 3. The van der Waals surface area contributed by atoms with Gasteiger partial charge in [0.2, 0.25) is 0 Å². The number of anilines is 9. The monoisotopic (exact) mass is 637 g/mol. The molecule has 0 aliphatic carbocycles. The summed E-state index contributed by atoms with van der Waals surface area (Å²) in [6.45, 7) is 0.0353. The highest BCUT2D eigenvalue weighted by atomic mass is 15.2. The third-order valence-corrected chi connectivity index (χ3v) is 10.2. The van der Waals surface area contributed by atoms with E-state index in [-0.39, 0.29) is 6.71 Å². The van der Waals surface area contributed by atoms with Crippen LogP contribution in [0, 0.1) is 0 Å². The zero-order chi connectivity index (χ0) is 33.0. The first-order valence-electron chi connectivity index (χ1n) is 17.2. The van der Waals surface area contributed by atoms with E-state index in [1.807, 2.05) is 0 Å². The minimum atomic E-state index is 0.0353. The zero-order valence-electron chi connectivity index (χ0n) is 27.4. The summed E-state index contributed by atoms with van der Waals surface area (Å²) in [6.07, 6.45) is 0. The normalized spacial score (nSPS) is 12.7. The van der Waals surface area contributed by atoms with Crippen LogP contribution in [-0.2, 0) is 0 Å². The lowest BCUT2D eigenvalue weighted by Gasteiger charge is -2.45. The summed E-state index contributed by atoms with van der Waals surface area (Å²) in [5.41, 5.74) is 14.5. The van der Waals surface area contributed by atoms with Crippen LogP contribution in [0.4, 0.5) is 51.2 Å². The number of hydrogen-bond donors (Lipinski definition) is 0. The second-order valence-electron chi connectivity index (χ2n) is 12.9. The van der Waals surface area contributed by atoms with Crippen molar-refractivity contribution in [1.82, 2.24) is 0 Å². The van der Waals surface area contributed by atoms with E-state index in [9.17, 15) is 0 Å². The van der Waals surface area contributed by atoms with Gasteiger partial charge in [0.05, 0.1) is 5.69 Å². The molecule has 0 aromatic heterocycles. The lowest BCUT2D eigenvalue weighted by molar-refractivity contribution is 1.25. The van der Waals surface area contributed by atoms with E-state index in [4.69, 9.17) is 0 Å². The van der Waals surface area contributed by atoms with Gasteiger partial charge in [0.1, 0.15) is 0 Å². The van der Waals surface area contributed by atoms with Gasteiger partial charge in [-0.3, -0.25) is 0 Å². The highest BCUT2D eigenvalue weighted by Gasteiger charge is 2.44. The minimum absolute atomic E-state index is 0.0353. The van der Waals surface area contributed by atoms with Crippen molar-refractivity contribution in [3.63, 3.8) is 0 Å². The molecular weight excluding hydrogens is 605 g/mol. The Kier molecular flexibility index (Phi) is 6.60. The summed E-state index contributed by atoms with van der Waals surface area (Å²) in [5, 5.41) is 2.47. The van der Waals surface area contributed by atoms with E-state index in [0.717, 1.165) is 28.4 Å². The predicted molar refractivity (Wildman–Crippen MR) is 213 cm³/mol. The van der Waals surface area contributed by atoms with Crippen molar-refractivity contribution in [3.05, 3.63) is 194 Å². The van der Waals surface area contributed by atoms with Crippen LogP contribution in [-0.4, -0.2) is 6.71 Å². The fourth-order valence-corrected chi connectivity index (χ4v) is 8.21. The van der Waals surface area contributed by atoms with Gasteiger partial charge < -0.3 is 14.7 Å². The van der Waals surface area contributed by atoms with Gasteiger partial charge in [0.15, 0.2) is 0 Å². The van der Waals surface area contributed by atoms with Crippen molar-refractivity contribution < 1.29 is 0 Å². The second-order valence-corrected chi connectivity index (χ2v) is 12.9. The van der Waals surface area contributed by atoms with Crippen LogP contribution in [0.25, 0.3) is 10.8 Å². The first-order valence-corrected chi connectivity index (χ1v) is 17.2. The van der Waals surface area contributed by atoms with E-state index >= 15 is 0 Å². The molecule has 0 bridgehead atoms. The van der Waals surface area contributed by atoms with Gasteiger partial charge in [-0.05, 0) is 94.6 Å². The van der Waals surface area contributed by atoms with Crippen LogP contribution in [0.15, 0.2) is 194 Å². The van der Waals surface area contributed by atoms with E-state index in [0.29, 0.717) is 0 Å². The van der Waals surface area contributed by atoms with E-state index < -0.39 is 0 Å². The fourth-order valence-electron chi connectivity index (χ4n) is 8.21. The number of para-hydroxylation sites is 5. The van der Waals surface area contributed by atoms with Crippen LogP contribution < -0.4 is 31.1 Å². The van der Waals surface area contributed by atoms with Gasteiger partial charge in [-0.2, -0.15) is 0 Å². The quantitative estimate of drug-likeness (QED) is 0.174. The Balaban J connectivity index is 1.33. The smallest absolute Gasteiger partial charge is 0.252 e. The van der Waals surface area contributed by atoms with Gasteiger partial charge in [-0.15, -0.1) is 0 Å². The minimum Gasteiger partial charge on any atom is -0.311 e. The molecule has 8 aromatic carbocycles. The van der Waals surface area contributed by atoms with Gasteiger partial charge in [0.25, 0.3) is 6.71 Å². The molecule has 0 spiro atoms. The molecule has 0 atom stereocenters. The lowest BCUT2D eigenvalue weighted by Crippen LogP contribution is -2.61. The molecule has 3 nitrogen and oxygen atoms in total. The molecule has 0 saturated heterocycles. The Morgan fingerprint density at radius 1 is 0.360 bits per heavy atom. The largest absolute Gasteiger partial charge is 0.311 e. The van der Waals surface area contributed by atoms with Crippen LogP contribution in [0.2, 0.25) is 0 Å². The maximum atomic E-state index is 2.49. The Labute approximate surface area is 293 Å². The highest BCUT2D eigenvalue weighted by Crippen LogP contribution is 2.48. The molecule has 234 valence electrons. The van der Waals surface area contributed by atoms with E-state index in [2.05, 4.69) is 209 Å². The standard InChI is InChI=1S/C46H32BN3/c1-5-18-33(19-6-1)48(34-20-7-2-8-21-34)43-32-44-45(38-27-14-13-26-37(38)43)47-39-28-15-16-29-40(39)49(35-22-9-3-10-23-35)41-30-17-31-42(46(41)47)50(44)36-24-11-4-12-25-36/h1-32H. The molecule has 2 heterocycles. The average molecular weight is 638 g/mol. The summed E-state index contributed by atoms with van der Waals surface area (Å²) in [5.74, 6) is 0. The molecule has 0 unspecified atom stereocenters. The van der Waals surface area contributed by atoms with E-state index in [1.165, 1.54) is 49.9 Å². The summed E-state index contributed by atoms with van der Waals surface area (Å²) >= 11 is 0. The number of fused-ring (bicyclic) bond motifs is 6. The molecule has 8 aromatic rings. The molecule has 0 radical (unpaired) electrons. The van der Waals surface area contributed by atoms with Crippen molar-refractivity contribution in [1.29, 1.82) is 0 Å². The predicted octanol–water partition coefficient (Wildman–Crippen LogP) is 10.4. The number of rotatable bonds is 5. The average Bonchev–Trinajstić information content (AvgIpc) is 3.19. The Morgan fingerprint density at radius 3 is 1.42 bits per heavy atom. The molecule has 0 amide bonds.